The molecule has 5 heteroatoms. The van der Waals surface area contributed by atoms with E-state index in [1.54, 1.807) is 0 Å². The highest BCUT2D eigenvalue weighted by Crippen LogP contribution is 2.15. The molecule has 5 nitrogen and oxygen atoms in total. The third-order valence-electron chi connectivity index (χ3n) is 3.46. The standard InChI is InChI=1S/C13H21N3O2/c1-10-12(11(2)18-15-10)4-5-13(17)16-8-3-6-14-7-9-16/h14H,3-9H2,1-2H3. The van der Waals surface area contributed by atoms with E-state index >= 15 is 0 Å². The van der Waals surface area contributed by atoms with Crippen LogP contribution in [0.5, 0.6) is 0 Å². The molecule has 1 aromatic rings. The Kier molecular flexibility index (Phi) is 4.36. The van der Waals surface area contributed by atoms with Crippen molar-refractivity contribution in [2.45, 2.75) is 33.1 Å². The molecule has 0 aromatic carbocycles. The zero-order chi connectivity index (χ0) is 13.0. The van der Waals surface area contributed by atoms with Crippen LogP contribution in [0.1, 0.15) is 29.9 Å². The van der Waals surface area contributed by atoms with Gasteiger partial charge in [-0.15, -0.1) is 0 Å². The molecule has 2 heterocycles. The first kappa shape index (κ1) is 13.1. The maximum atomic E-state index is 12.1. The summed E-state index contributed by atoms with van der Waals surface area (Å²) in [4.78, 5) is 14.1. The third-order valence-corrected chi connectivity index (χ3v) is 3.46. The molecule has 1 amide bonds. The van der Waals surface area contributed by atoms with Gasteiger partial charge in [-0.3, -0.25) is 4.79 Å². The van der Waals surface area contributed by atoms with E-state index in [9.17, 15) is 4.79 Å². The summed E-state index contributed by atoms with van der Waals surface area (Å²) in [6, 6.07) is 0. The molecule has 1 aliphatic heterocycles. The molecular formula is C13H21N3O2. The fraction of sp³-hybridized carbons (Fsp3) is 0.692. The Morgan fingerprint density at radius 1 is 1.39 bits per heavy atom. The molecule has 1 saturated heterocycles. The number of hydrogen-bond donors (Lipinski definition) is 1. The van der Waals surface area contributed by atoms with Gasteiger partial charge < -0.3 is 14.7 Å². The van der Waals surface area contributed by atoms with Crippen LogP contribution in [0.25, 0.3) is 0 Å². The molecule has 0 unspecified atom stereocenters. The topological polar surface area (TPSA) is 58.4 Å². The van der Waals surface area contributed by atoms with Crippen molar-refractivity contribution in [3.63, 3.8) is 0 Å². The summed E-state index contributed by atoms with van der Waals surface area (Å²) in [5.41, 5.74) is 1.98. The monoisotopic (exact) mass is 251 g/mol. The lowest BCUT2D eigenvalue weighted by atomic mass is 10.1. The smallest absolute Gasteiger partial charge is 0.222 e. The molecule has 0 bridgehead atoms. The van der Waals surface area contributed by atoms with Crippen LogP contribution >= 0.6 is 0 Å². The summed E-state index contributed by atoms with van der Waals surface area (Å²) in [6.07, 6.45) is 2.31. The SMILES string of the molecule is Cc1noc(C)c1CCC(=O)N1CCCNCC1. The molecule has 0 atom stereocenters. The predicted molar refractivity (Wildman–Crippen MR) is 68.4 cm³/mol. The van der Waals surface area contributed by atoms with Crippen molar-refractivity contribution in [1.82, 2.24) is 15.4 Å². The van der Waals surface area contributed by atoms with Gasteiger partial charge in [0.2, 0.25) is 5.91 Å². The van der Waals surface area contributed by atoms with Gasteiger partial charge in [0.05, 0.1) is 5.69 Å². The number of carbonyl (C=O) groups excluding carboxylic acids is 1. The highest BCUT2D eigenvalue weighted by Gasteiger charge is 2.17. The summed E-state index contributed by atoms with van der Waals surface area (Å²) >= 11 is 0. The summed E-state index contributed by atoms with van der Waals surface area (Å²) in [7, 11) is 0. The van der Waals surface area contributed by atoms with Gasteiger partial charge in [0, 0.05) is 31.6 Å². The van der Waals surface area contributed by atoms with Crippen LogP contribution in [0.15, 0.2) is 4.52 Å². The second-order valence-electron chi connectivity index (χ2n) is 4.79. The Hall–Kier alpha value is -1.36. The maximum absolute atomic E-state index is 12.1. The molecule has 1 aliphatic rings. The minimum Gasteiger partial charge on any atom is -0.361 e. The van der Waals surface area contributed by atoms with Crippen LogP contribution in [0.3, 0.4) is 0 Å². The quantitative estimate of drug-likeness (QED) is 0.872. The number of nitrogens with zero attached hydrogens (tertiary/aromatic N) is 2. The molecule has 1 aromatic heterocycles. The van der Waals surface area contributed by atoms with Gasteiger partial charge in [-0.05, 0) is 33.2 Å². The fourth-order valence-electron chi connectivity index (χ4n) is 2.34. The lowest BCUT2D eigenvalue weighted by molar-refractivity contribution is -0.130. The second-order valence-corrected chi connectivity index (χ2v) is 4.79. The number of hydrogen-bond acceptors (Lipinski definition) is 4. The maximum Gasteiger partial charge on any atom is 0.222 e. The number of aryl methyl sites for hydroxylation is 2. The van der Waals surface area contributed by atoms with E-state index in [-0.39, 0.29) is 5.91 Å². The van der Waals surface area contributed by atoms with Crippen LogP contribution in [-0.2, 0) is 11.2 Å². The Labute approximate surface area is 108 Å². The number of carbonyl (C=O) groups is 1. The zero-order valence-electron chi connectivity index (χ0n) is 11.2. The van der Waals surface area contributed by atoms with Crippen LogP contribution in [0, 0.1) is 13.8 Å². The molecule has 2 rings (SSSR count). The fourth-order valence-corrected chi connectivity index (χ4v) is 2.34. The number of amides is 1. The minimum atomic E-state index is 0.235. The predicted octanol–water partition coefficient (Wildman–Crippen LogP) is 1.05. The van der Waals surface area contributed by atoms with Crippen molar-refractivity contribution in [1.29, 1.82) is 0 Å². The molecular weight excluding hydrogens is 230 g/mol. The Bertz CT molecular complexity index is 387. The summed E-state index contributed by atoms with van der Waals surface area (Å²) < 4.78 is 5.11. The van der Waals surface area contributed by atoms with Crippen LogP contribution in [-0.4, -0.2) is 42.1 Å². The Balaban J connectivity index is 1.87. The van der Waals surface area contributed by atoms with Crippen LogP contribution in [0.2, 0.25) is 0 Å². The lowest BCUT2D eigenvalue weighted by Crippen LogP contribution is -2.34. The largest absolute Gasteiger partial charge is 0.361 e. The normalized spacial score (nSPS) is 16.7. The van der Waals surface area contributed by atoms with E-state index in [0.29, 0.717) is 6.42 Å². The zero-order valence-corrected chi connectivity index (χ0v) is 11.2. The molecule has 1 fully saturated rings. The van der Waals surface area contributed by atoms with E-state index in [4.69, 9.17) is 4.52 Å². The molecule has 1 N–H and O–H groups in total. The first-order valence-corrected chi connectivity index (χ1v) is 6.58. The number of aromatic nitrogens is 1. The van der Waals surface area contributed by atoms with Crippen molar-refractivity contribution in [3.8, 4) is 0 Å². The van der Waals surface area contributed by atoms with E-state index < -0.39 is 0 Å². The molecule has 18 heavy (non-hydrogen) atoms. The molecule has 100 valence electrons. The van der Waals surface area contributed by atoms with Crippen LogP contribution < -0.4 is 5.32 Å². The van der Waals surface area contributed by atoms with E-state index in [1.807, 2.05) is 18.7 Å². The Morgan fingerprint density at radius 3 is 2.94 bits per heavy atom. The Morgan fingerprint density at radius 2 is 2.22 bits per heavy atom. The van der Waals surface area contributed by atoms with Gasteiger partial charge in [0.15, 0.2) is 0 Å². The van der Waals surface area contributed by atoms with Crippen molar-refractivity contribution >= 4 is 5.91 Å². The first-order chi connectivity index (χ1) is 8.68. The first-order valence-electron chi connectivity index (χ1n) is 6.58. The average Bonchev–Trinajstić information content (AvgIpc) is 2.61. The van der Waals surface area contributed by atoms with Crippen molar-refractivity contribution in [3.05, 3.63) is 17.0 Å². The molecule has 0 aliphatic carbocycles. The van der Waals surface area contributed by atoms with Crippen LogP contribution in [0.4, 0.5) is 0 Å². The highest BCUT2D eigenvalue weighted by atomic mass is 16.5. The number of rotatable bonds is 3. The van der Waals surface area contributed by atoms with Gasteiger partial charge in [0.25, 0.3) is 0 Å². The highest BCUT2D eigenvalue weighted by molar-refractivity contribution is 5.76. The lowest BCUT2D eigenvalue weighted by Gasteiger charge is -2.19. The molecule has 0 spiro atoms. The van der Waals surface area contributed by atoms with Gasteiger partial charge >= 0.3 is 0 Å². The van der Waals surface area contributed by atoms with Gasteiger partial charge in [-0.25, -0.2) is 0 Å². The van der Waals surface area contributed by atoms with E-state index in [0.717, 1.165) is 56.0 Å². The van der Waals surface area contributed by atoms with Gasteiger partial charge in [-0.1, -0.05) is 5.16 Å². The van der Waals surface area contributed by atoms with Gasteiger partial charge in [0.1, 0.15) is 5.76 Å². The summed E-state index contributed by atoms with van der Waals surface area (Å²) in [5, 5.41) is 7.21. The third kappa shape index (κ3) is 3.10. The van der Waals surface area contributed by atoms with Crippen molar-refractivity contribution in [2.24, 2.45) is 0 Å². The minimum absolute atomic E-state index is 0.235. The van der Waals surface area contributed by atoms with E-state index in [1.165, 1.54) is 0 Å². The van der Waals surface area contributed by atoms with Gasteiger partial charge in [-0.2, -0.15) is 0 Å². The average molecular weight is 251 g/mol. The molecule has 0 radical (unpaired) electrons. The van der Waals surface area contributed by atoms with E-state index in [2.05, 4.69) is 10.5 Å². The second kappa shape index (κ2) is 6.00. The summed E-state index contributed by atoms with van der Waals surface area (Å²) in [5.74, 6) is 1.07. The van der Waals surface area contributed by atoms with Crippen molar-refractivity contribution < 1.29 is 9.32 Å². The van der Waals surface area contributed by atoms with Crippen molar-refractivity contribution in [2.75, 3.05) is 26.2 Å². The number of nitrogens with one attached hydrogen (secondary N) is 1. The summed E-state index contributed by atoms with van der Waals surface area (Å²) in [6.45, 7) is 7.42. The molecule has 0 saturated carbocycles.